The van der Waals surface area contributed by atoms with Gasteiger partial charge in [0.1, 0.15) is 0 Å². The summed E-state index contributed by atoms with van der Waals surface area (Å²) in [5, 5.41) is 0.727. The first kappa shape index (κ1) is 14.4. The van der Waals surface area contributed by atoms with E-state index in [9.17, 15) is 4.79 Å². The molecule has 2 rings (SSSR count). The molecule has 19 heavy (non-hydrogen) atoms. The van der Waals surface area contributed by atoms with Crippen LogP contribution in [0, 0.1) is 0 Å². The molecule has 0 heterocycles. The molecule has 3 heteroatoms. The number of carbonyl (C=O) groups excluding carboxylic acids is 1. The van der Waals surface area contributed by atoms with Gasteiger partial charge in [-0.05, 0) is 31.9 Å². The maximum atomic E-state index is 12.4. The van der Waals surface area contributed by atoms with Crippen LogP contribution in [0.2, 0.25) is 0 Å². The van der Waals surface area contributed by atoms with Crippen LogP contribution in [0.3, 0.4) is 0 Å². The zero-order valence-corrected chi connectivity index (χ0v) is 12.7. The number of hydrogen-bond acceptors (Lipinski definition) is 2. The topological polar surface area (TPSA) is 20.3 Å². The fraction of sp³-hybridized carbons (Fsp3) is 0.562. The van der Waals surface area contributed by atoms with Gasteiger partial charge < -0.3 is 4.90 Å². The Kier molecular flexibility index (Phi) is 5.32. The molecule has 2 nitrogen and oxygen atoms in total. The Hall–Kier alpha value is -0.960. The molecule has 1 aliphatic rings. The summed E-state index contributed by atoms with van der Waals surface area (Å²) < 4.78 is 0. The SMILES string of the molecule is CC(SC1CCCCC1)C(=O)N(C)c1ccccc1. The van der Waals surface area contributed by atoms with Crippen molar-refractivity contribution in [3.8, 4) is 0 Å². The Morgan fingerprint density at radius 3 is 2.47 bits per heavy atom. The molecule has 1 amide bonds. The van der Waals surface area contributed by atoms with Crippen LogP contribution in [0.4, 0.5) is 5.69 Å². The van der Waals surface area contributed by atoms with Gasteiger partial charge in [0.2, 0.25) is 5.91 Å². The van der Waals surface area contributed by atoms with E-state index in [1.807, 2.05) is 56.1 Å². The fourth-order valence-electron chi connectivity index (χ4n) is 2.60. The molecule has 0 bridgehead atoms. The molecule has 1 aromatic rings. The first-order valence-corrected chi connectivity index (χ1v) is 8.11. The minimum atomic E-state index is 0.0494. The average Bonchev–Trinajstić information content (AvgIpc) is 2.47. The Bertz CT molecular complexity index is 400. The maximum absolute atomic E-state index is 12.4. The van der Waals surface area contributed by atoms with Crippen molar-refractivity contribution < 1.29 is 4.79 Å². The molecule has 1 atom stereocenters. The molecule has 1 aliphatic carbocycles. The highest BCUT2D eigenvalue weighted by molar-refractivity contribution is 8.01. The van der Waals surface area contributed by atoms with E-state index in [1.54, 1.807) is 4.90 Å². The second kappa shape index (κ2) is 6.99. The van der Waals surface area contributed by atoms with E-state index in [0.29, 0.717) is 5.25 Å². The zero-order valence-electron chi connectivity index (χ0n) is 11.8. The van der Waals surface area contributed by atoms with Gasteiger partial charge in [-0.3, -0.25) is 4.79 Å². The normalized spacial score (nSPS) is 18.0. The highest BCUT2D eigenvalue weighted by atomic mass is 32.2. The number of benzene rings is 1. The largest absolute Gasteiger partial charge is 0.315 e. The van der Waals surface area contributed by atoms with Crippen LogP contribution < -0.4 is 4.90 Å². The molecular formula is C16H23NOS. The molecule has 0 N–H and O–H groups in total. The lowest BCUT2D eigenvalue weighted by atomic mass is 10.0. The molecule has 0 saturated heterocycles. The van der Waals surface area contributed by atoms with Gasteiger partial charge in [0.25, 0.3) is 0 Å². The lowest BCUT2D eigenvalue weighted by Crippen LogP contribution is -2.34. The van der Waals surface area contributed by atoms with Crippen molar-refractivity contribution in [2.75, 3.05) is 11.9 Å². The van der Waals surface area contributed by atoms with Crippen molar-refractivity contribution in [2.24, 2.45) is 0 Å². The number of thioether (sulfide) groups is 1. The third-order valence-corrected chi connectivity index (χ3v) is 5.24. The van der Waals surface area contributed by atoms with Crippen LogP contribution in [0.1, 0.15) is 39.0 Å². The summed E-state index contributed by atoms with van der Waals surface area (Å²) in [5.41, 5.74) is 0.976. The average molecular weight is 277 g/mol. The van der Waals surface area contributed by atoms with E-state index in [0.717, 1.165) is 5.69 Å². The Morgan fingerprint density at radius 2 is 1.84 bits per heavy atom. The lowest BCUT2D eigenvalue weighted by Gasteiger charge is -2.26. The van der Waals surface area contributed by atoms with E-state index in [4.69, 9.17) is 0 Å². The molecule has 0 spiro atoms. The van der Waals surface area contributed by atoms with Crippen LogP contribution in [0.5, 0.6) is 0 Å². The standard InChI is InChI=1S/C16H23NOS/c1-13(19-15-11-7-4-8-12-15)16(18)17(2)14-9-5-3-6-10-14/h3,5-6,9-10,13,15H,4,7-8,11-12H2,1-2H3. The maximum Gasteiger partial charge on any atom is 0.239 e. The smallest absolute Gasteiger partial charge is 0.239 e. The second-order valence-corrected chi connectivity index (χ2v) is 6.92. The highest BCUT2D eigenvalue weighted by Gasteiger charge is 2.24. The molecule has 0 aromatic heterocycles. The van der Waals surface area contributed by atoms with Crippen LogP contribution in [0.25, 0.3) is 0 Å². The third kappa shape index (κ3) is 4.00. The van der Waals surface area contributed by atoms with E-state index in [1.165, 1.54) is 32.1 Å². The molecule has 1 saturated carbocycles. The summed E-state index contributed by atoms with van der Waals surface area (Å²) in [6.07, 6.45) is 6.57. The quantitative estimate of drug-likeness (QED) is 0.825. The van der Waals surface area contributed by atoms with E-state index in [2.05, 4.69) is 0 Å². The van der Waals surface area contributed by atoms with Gasteiger partial charge in [0.05, 0.1) is 5.25 Å². The summed E-state index contributed by atoms with van der Waals surface area (Å²) in [5.74, 6) is 0.210. The van der Waals surface area contributed by atoms with Crippen LogP contribution in [-0.2, 0) is 4.79 Å². The monoisotopic (exact) mass is 277 g/mol. The van der Waals surface area contributed by atoms with Crippen molar-refractivity contribution >= 4 is 23.4 Å². The molecule has 1 fully saturated rings. The summed E-state index contributed by atoms with van der Waals surface area (Å²) >= 11 is 1.86. The van der Waals surface area contributed by atoms with Gasteiger partial charge in [0.15, 0.2) is 0 Å². The van der Waals surface area contributed by atoms with E-state index < -0.39 is 0 Å². The molecule has 0 aliphatic heterocycles. The Morgan fingerprint density at radius 1 is 1.21 bits per heavy atom. The summed E-state index contributed by atoms with van der Waals surface area (Å²) in [4.78, 5) is 14.2. The van der Waals surface area contributed by atoms with Gasteiger partial charge in [-0.15, -0.1) is 11.8 Å². The van der Waals surface area contributed by atoms with Gasteiger partial charge in [0, 0.05) is 18.0 Å². The third-order valence-electron chi connectivity index (χ3n) is 3.77. The van der Waals surface area contributed by atoms with E-state index >= 15 is 0 Å². The molecule has 1 unspecified atom stereocenters. The predicted octanol–water partition coefficient (Wildman–Crippen LogP) is 4.10. The number of hydrogen-bond donors (Lipinski definition) is 0. The highest BCUT2D eigenvalue weighted by Crippen LogP contribution is 2.32. The molecule has 1 aromatic carbocycles. The first-order chi connectivity index (χ1) is 9.18. The van der Waals surface area contributed by atoms with Crippen molar-refractivity contribution in [3.63, 3.8) is 0 Å². The zero-order chi connectivity index (χ0) is 13.7. The van der Waals surface area contributed by atoms with Crippen LogP contribution >= 0.6 is 11.8 Å². The lowest BCUT2D eigenvalue weighted by molar-refractivity contribution is -0.117. The van der Waals surface area contributed by atoms with Gasteiger partial charge in [-0.25, -0.2) is 0 Å². The van der Waals surface area contributed by atoms with Crippen molar-refractivity contribution in [1.82, 2.24) is 0 Å². The Labute approximate surface area is 120 Å². The van der Waals surface area contributed by atoms with Gasteiger partial charge in [-0.1, -0.05) is 37.5 Å². The van der Waals surface area contributed by atoms with Crippen molar-refractivity contribution in [3.05, 3.63) is 30.3 Å². The number of anilines is 1. The van der Waals surface area contributed by atoms with Gasteiger partial charge in [-0.2, -0.15) is 0 Å². The van der Waals surface area contributed by atoms with E-state index in [-0.39, 0.29) is 11.2 Å². The van der Waals surface area contributed by atoms with Gasteiger partial charge >= 0.3 is 0 Å². The Balaban J connectivity index is 1.91. The number of para-hydroxylation sites is 1. The van der Waals surface area contributed by atoms with Crippen molar-refractivity contribution in [1.29, 1.82) is 0 Å². The summed E-state index contributed by atoms with van der Waals surface area (Å²) in [6, 6.07) is 9.88. The second-order valence-electron chi connectivity index (χ2n) is 5.27. The predicted molar refractivity (Wildman–Crippen MR) is 83.8 cm³/mol. The number of nitrogens with zero attached hydrogens (tertiary/aromatic N) is 1. The van der Waals surface area contributed by atoms with Crippen LogP contribution in [0.15, 0.2) is 30.3 Å². The van der Waals surface area contributed by atoms with Crippen LogP contribution in [-0.4, -0.2) is 23.5 Å². The molecule has 104 valence electrons. The number of amides is 1. The number of rotatable bonds is 4. The first-order valence-electron chi connectivity index (χ1n) is 7.16. The molecular weight excluding hydrogens is 254 g/mol. The fourth-order valence-corrected chi connectivity index (χ4v) is 4.06. The minimum absolute atomic E-state index is 0.0494. The minimum Gasteiger partial charge on any atom is -0.315 e. The number of carbonyl (C=O) groups is 1. The molecule has 0 radical (unpaired) electrons. The summed E-state index contributed by atoms with van der Waals surface area (Å²) in [7, 11) is 1.87. The summed E-state index contributed by atoms with van der Waals surface area (Å²) in [6.45, 7) is 2.04. The van der Waals surface area contributed by atoms with Crippen molar-refractivity contribution in [2.45, 2.75) is 49.5 Å².